The number of halogens is 1. The van der Waals surface area contributed by atoms with Crippen molar-refractivity contribution in [1.29, 1.82) is 0 Å². The highest BCUT2D eigenvalue weighted by Crippen LogP contribution is 2.38. The number of rotatable bonds is 8. The Bertz CT molecular complexity index is 554. The van der Waals surface area contributed by atoms with Crippen molar-refractivity contribution in [2.24, 2.45) is 11.1 Å². The Morgan fingerprint density at radius 1 is 1.19 bits per heavy atom. The maximum Gasteiger partial charge on any atom is 0.220 e. The van der Waals surface area contributed by atoms with Crippen LogP contribution in [0, 0.1) is 5.41 Å². The SMILES string of the molecule is COc1cc(OC)cc(C(O)CNC(=O)CC2(CN)CCCCC2)c1.Cl. The summed E-state index contributed by atoms with van der Waals surface area (Å²) in [5.74, 6) is 1.15. The molecule has 1 aromatic rings. The molecule has 1 unspecified atom stereocenters. The summed E-state index contributed by atoms with van der Waals surface area (Å²) in [5.41, 5.74) is 6.50. The van der Waals surface area contributed by atoms with E-state index in [1.54, 1.807) is 32.4 Å². The molecule has 1 aliphatic rings. The molecule has 1 aliphatic carbocycles. The van der Waals surface area contributed by atoms with Gasteiger partial charge >= 0.3 is 0 Å². The highest BCUT2D eigenvalue weighted by atomic mass is 35.5. The van der Waals surface area contributed by atoms with Crippen LogP contribution < -0.4 is 20.5 Å². The zero-order chi connectivity index (χ0) is 18.3. The first-order valence-electron chi connectivity index (χ1n) is 8.90. The van der Waals surface area contributed by atoms with E-state index in [0.717, 1.165) is 25.7 Å². The molecule has 0 heterocycles. The van der Waals surface area contributed by atoms with E-state index in [4.69, 9.17) is 15.2 Å². The lowest BCUT2D eigenvalue weighted by atomic mass is 9.71. The maximum absolute atomic E-state index is 12.3. The van der Waals surface area contributed by atoms with E-state index in [-0.39, 0.29) is 30.3 Å². The van der Waals surface area contributed by atoms with Crippen molar-refractivity contribution < 1.29 is 19.4 Å². The molecule has 1 atom stereocenters. The monoisotopic (exact) mass is 386 g/mol. The van der Waals surface area contributed by atoms with Crippen LogP contribution in [0.4, 0.5) is 0 Å². The minimum absolute atomic E-state index is 0. The number of carbonyl (C=O) groups is 1. The van der Waals surface area contributed by atoms with Gasteiger partial charge in [0.15, 0.2) is 0 Å². The number of hydrogen-bond donors (Lipinski definition) is 3. The Kier molecular flexibility index (Phi) is 9.19. The molecule has 26 heavy (non-hydrogen) atoms. The predicted molar refractivity (Wildman–Crippen MR) is 104 cm³/mol. The summed E-state index contributed by atoms with van der Waals surface area (Å²) in [4.78, 5) is 12.3. The largest absolute Gasteiger partial charge is 0.497 e. The Labute approximate surface area is 161 Å². The van der Waals surface area contributed by atoms with Gasteiger partial charge in [-0.15, -0.1) is 12.4 Å². The number of aliphatic hydroxyl groups is 1. The van der Waals surface area contributed by atoms with Crippen LogP contribution in [0.25, 0.3) is 0 Å². The van der Waals surface area contributed by atoms with E-state index >= 15 is 0 Å². The molecule has 0 saturated heterocycles. The number of methoxy groups -OCH3 is 2. The summed E-state index contributed by atoms with van der Waals surface area (Å²) in [6.07, 6.45) is 5.11. The third-order valence-corrected chi connectivity index (χ3v) is 5.13. The minimum atomic E-state index is -0.826. The Balaban J connectivity index is 0.00000338. The van der Waals surface area contributed by atoms with Gasteiger partial charge in [-0.2, -0.15) is 0 Å². The molecule has 0 radical (unpaired) electrons. The fourth-order valence-corrected chi connectivity index (χ4v) is 3.51. The van der Waals surface area contributed by atoms with Gasteiger partial charge in [0, 0.05) is 19.0 Å². The molecule has 0 bridgehead atoms. The number of carbonyl (C=O) groups excluding carboxylic acids is 1. The van der Waals surface area contributed by atoms with Crippen molar-refractivity contribution in [2.45, 2.75) is 44.6 Å². The Hall–Kier alpha value is -1.50. The van der Waals surface area contributed by atoms with Crippen LogP contribution in [0.5, 0.6) is 11.5 Å². The molecule has 6 nitrogen and oxygen atoms in total. The third-order valence-electron chi connectivity index (χ3n) is 5.13. The molecule has 0 spiro atoms. The fraction of sp³-hybridized carbons (Fsp3) is 0.632. The van der Waals surface area contributed by atoms with E-state index < -0.39 is 6.10 Å². The zero-order valence-electron chi connectivity index (χ0n) is 15.6. The van der Waals surface area contributed by atoms with Gasteiger partial charge in [-0.1, -0.05) is 19.3 Å². The minimum Gasteiger partial charge on any atom is -0.497 e. The Morgan fingerprint density at radius 3 is 2.27 bits per heavy atom. The zero-order valence-corrected chi connectivity index (χ0v) is 16.4. The summed E-state index contributed by atoms with van der Waals surface area (Å²) < 4.78 is 10.4. The molecule has 2 rings (SSSR count). The number of benzene rings is 1. The standard InChI is InChI=1S/C19H30N2O4.ClH/c1-24-15-8-14(9-16(10-15)25-2)17(22)12-21-18(23)11-19(13-20)6-4-3-5-7-19;/h8-10,17,22H,3-7,11-13,20H2,1-2H3,(H,21,23);1H. The molecule has 1 amide bonds. The molecule has 1 aromatic carbocycles. The molecule has 148 valence electrons. The molecular weight excluding hydrogens is 356 g/mol. The van der Waals surface area contributed by atoms with Gasteiger partial charge in [0.25, 0.3) is 0 Å². The number of hydrogen-bond acceptors (Lipinski definition) is 5. The smallest absolute Gasteiger partial charge is 0.220 e. The van der Waals surface area contributed by atoms with Gasteiger partial charge < -0.3 is 25.6 Å². The van der Waals surface area contributed by atoms with Crippen LogP contribution in [0.15, 0.2) is 18.2 Å². The van der Waals surface area contributed by atoms with Gasteiger partial charge in [0.1, 0.15) is 11.5 Å². The van der Waals surface area contributed by atoms with E-state index in [1.807, 2.05) is 0 Å². The van der Waals surface area contributed by atoms with Crippen LogP contribution in [0.1, 0.15) is 50.2 Å². The molecule has 4 N–H and O–H groups in total. The summed E-state index contributed by atoms with van der Waals surface area (Å²) >= 11 is 0. The van der Waals surface area contributed by atoms with Crippen LogP contribution >= 0.6 is 12.4 Å². The molecular formula is C19H31ClN2O4. The molecule has 1 fully saturated rings. The van der Waals surface area contributed by atoms with Gasteiger partial charge in [-0.05, 0) is 42.5 Å². The molecule has 1 saturated carbocycles. The van der Waals surface area contributed by atoms with Crippen molar-refractivity contribution in [3.05, 3.63) is 23.8 Å². The number of nitrogens with two attached hydrogens (primary N) is 1. The third kappa shape index (κ3) is 6.04. The molecule has 0 aromatic heterocycles. The number of aliphatic hydroxyl groups excluding tert-OH is 1. The lowest BCUT2D eigenvalue weighted by molar-refractivity contribution is -0.124. The first-order valence-corrected chi connectivity index (χ1v) is 8.90. The first kappa shape index (κ1) is 22.5. The van der Waals surface area contributed by atoms with Crippen molar-refractivity contribution in [3.8, 4) is 11.5 Å². The van der Waals surface area contributed by atoms with Gasteiger partial charge in [-0.3, -0.25) is 4.79 Å². The normalized spacial score (nSPS) is 16.9. The summed E-state index contributed by atoms with van der Waals surface area (Å²) in [7, 11) is 3.12. The van der Waals surface area contributed by atoms with E-state index in [9.17, 15) is 9.90 Å². The van der Waals surface area contributed by atoms with E-state index in [0.29, 0.717) is 30.0 Å². The van der Waals surface area contributed by atoms with E-state index in [2.05, 4.69) is 5.32 Å². The number of amides is 1. The highest BCUT2D eigenvalue weighted by Gasteiger charge is 2.33. The summed E-state index contributed by atoms with van der Waals surface area (Å²) in [5, 5.41) is 13.2. The van der Waals surface area contributed by atoms with Crippen molar-refractivity contribution in [3.63, 3.8) is 0 Å². The maximum atomic E-state index is 12.3. The van der Waals surface area contributed by atoms with Gasteiger partial charge in [-0.25, -0.2) is 0 Å². The second-order valence-electron chi connectivity index (χ2n) is 6.91. The molecule has 7 heteroatoms. The van der Waals surface area contributed by atoms with Crippen LogP contribution in [-0.2, 0) is 4.79 Å². The summed E-state index contributed by atoms with van der Waals surface area (Å²) in [6, 6.07) is 5.21. The van der Waals surface area contributed by atoms with Crippen LogP contribution in [0.3, 0.4) is 0 Å². The fourth-order valence-electron chi connectivity index (χ4n) is 3.51. The molecule has 0 aliphatic heterocycles. The van der Waals surface area contributed by atoms with Crippen LogP contribution in [0.2, 0.25) is 0 Å². The first-order chi connectivity index (χ1) is 12.0. The van der Waals surface area contributed by atoms with Crippen LogP contribution in [-0.4, -0.2) is 38.3 Å². The van der Waals surface area contributed by atoms with Crippen molar-refractivity contribution >= 4 is 18.3 Å². The quantitative estimate of drug-likeness (QED) is 0.638. The predicted octanol–water partition coefficient (Wildman–Crippen LogP) is 2.57. The average molecular weight is 387 g/mol. The highest BCUT2D eigenvalue weighted by molar-refractivity contribution is 5.85. The lowest BCUT2D eigenvalue weighted by Crippen LogP contribution is -2.39. The van der Waals surface area contributed by atoms with Gasteiger partial charge in [0.05, 0.1) is 20.3 Å². The Morgan fingerprint density at radius 2 is 1.77 bits per heavy atom. The van der Waals surface area contributed by atoms with Crippen molar-refractivity contribution in [1.82, 2.24) is 5.32 Å². The number of nitrogens with one attached hydrogen (secondary N) is 1. The van der Waals surface area contributed by atoms with Gasteiger partial charge in [0.2, 0.25) is 5.91 Å². The second kappa shape index (κ2) is 10.6. The average Bonchev–Trinajstić information content (AvgIpc) is 2.66. The van der Waals surface area contributed by atoms with Crippen molar-refractivity contribution in [2.75, 3.05) is 27.3 Å². The second-order valence-corrected chi connectivity index (χ2v) is 6.91. The van der Waals surface area contributed by atoms with E-state index in [1.165, 1.54) is 6.42 Å². The lowest BCUT2D eigenvalue weighted by Gasteiger charge is -2.35. The number of ether oxygens (including phenoxy) is 2. The topological polar surface area (TPSA) is 93.8 Å². The summed E-state index contributed by atoms with van der Waals surface area (Å²) in [6.45, 7) is 0.686.